The summed E-state index contributed by atoms with van der Waals surface area (Å²) in [6.07, 6.45) is 7.90. The summed E-state index contributed by atoms with van der Waals surface area (Å²) in [7, 11) is 1.98. The highest BCUT2D eigenvalue weighted by molar-refractivity contribution is 7.78. The van der Waals surface area contributed by atoms with Crippen molar-refractivity contribution in [3.63, 3.8) is 0 Å². The van der Waals surface area contributed by atoms with Crippen LogP contribution in [0.4, 0.5) is 10.1 Å². The van der Waals surface area contributed by atoms with E-state index in [9.17, 15) is 9.18 Å². The summed E-state index contributed by atoms with van der Waals surface area (Å²) in [6.45, 7) is 12.0. The van der Waals surface area contributed by atoms with Gasteiger partial charge in [0.25, 0.3) is 0 Å². The number of halogens is 1. The number of hydrogen-bond donors (Lipinski definition) is 0. The van der Waals surface area contributed by atoms with Crippen molar-refractivity contribution >= 4 is 29.6 Å². The van der Waals surface area contributed by atoms with Crippen LogP contribution < -0.4 is 4.90 Å². The summed E-state index contributed by atoms with van der Waals surface area (Å²) in [5.41, 5.74) is 4.41. The monoisotopic (exact) mass is 401 g/mol. The van der Waals surface area contributed by atoms with Gasteiger partial charge in [-0.25, -0.2) is 4.39 Å². The zero-order valence-electron chi connectivity index (χ0n) is 17.7. The molecule has 2 atom stereocenters. The number of benzene rings is 1. The lowest BCUT2D eigenvalue weighted by molar-refractivity contribution is -0.113. The Kier molecular flexibility index (Phi) is 9.47. The molecule has 0 aliphatic heterocycles. The summed E-state index contributed by atoms with van der Waals surface area (Å²) in [5, 5.41) is 1.58. The Morgan fingerprint density at radius 3 is 2.36 bits per heavy atom. The normalized spacial score (nSPS) is 22.5. The zero-order chi connectivity index (χ0) is 21.3. The molecule has 1 saturated carbocycles. The number of fused-ring (bicyclic) bond motifs is 1. The number of allylic oxidation sites excluding steroid dienone is 4. The number of carbonyl (C=O) groups is 1. The standard InChI is InChI=1S/C20H22FNO.C2H4S.C2H6/c1-4-14-12-20(2)15(5-6-16(20)13-23)11-19(14)22(3)18-9-7-17(21)8-10-18;1-2-3;1-2/h4,7-11,13,16H,1,5-6,12H2,2-3H3;2H,1H3;1-2H3. The molecule has 2 aliphatic carbocycles. The molecule has 2 aliphatic rings. The fraction of sp³-hybridized carbons (Fsp3) is 0.417. The summed E-state index contributed by atoms with van der Waals surface area (Å²) in [5.74, 6) is -0.152. The van der Waals surface area contributed by atoms with Crippen LogP contribution >= 0.6 is 12.2 Å². The number of hydrogen-bond acceptors (Lipinski definition) is 3. The van der Waals surface area contributed by atoms with Gasteiger partial charge >= 0.3 is 0 Å². The molecule has 0 heterocycles. The van der Waals surface area contributed by atoms with Crippen LogP contribution in [0.15, 0.2) is 59.8 Å². The number of rotatable bonds is 4. The van der Waals surface area contributed by atoms with Crippen LogP contribution in [0, 0.1) is 17.2 Å². The summed E-state index contributed by atoms with van der Waals surface area (Å²) in [6, 6.07) is 6.49. The average Bonchev–Trinajstić information content (AvgIpc) is 3.04. The fourth-order valence-corrected chi connectivity index (χ4v) is 3.89. The molecule has 0 spiro atoms. The predicted octanol–water partition coefficient (Wildman–Crippen LogP) is 6.68. The second kappa shape index (κ2) is 11.1. The third-order valence-electron chi connectivity index (χ3n) is 5.46. The molecule has 2 nitrogen and oxygen atoms in total. The molecule has 0 amide bonds. The largest absolute Gasteiger partial charge is 0.344 e. The smallest absolute Gasteiger partial charge is 0.123 e. The van der Waals surface area contributed by atoms with E-state index in [1.165, 1.54) is 17.7 Å². The van der Waals surface area contributed by atoms with Gasteiger partial charge in [0.15, 0.2) is 0 Å². The van der Waals surface area contributed by atoms with Crippen molar-refractivity contribution in [3.05, 3.63) is 65.7 Å². The molecular weight excluding hydrogens is 369 g/mol. The minimum Gasteiger partial charge on any atom is -0.344 e. The first kappa shape index (κ1) is 24.0. The van der Waals surface area contributed by atoms with E-state index in [0.29, 0.717) is 0 Å². The van der Waals surface area contributed by atoms with Gasteiger partial charge in [-0.15, -0.1) is 0 Å². The number of carbonyl (C=O) groups excluding carboxylic acids is 1. The maximum atomic E-state index is 13.2. The van der Waals surface area contributed by atoms with Crippen molar-refractivity contribution in [2.24, 2.45) is 11.3 Å². The van der Waals surface area contributed by atoms with E-state index in [-0.39, 0.29) is 17.2 Å². The Hall–Kier alpha value is -2.07. The molecule has 0 radical (unpaired) electrons. The number of thiocarbonyl (C=S) groups is 1. The Morgan fingerprint density at radius 2 is 1.86 bits per heavy atom. The number of anilines is 1. The van der Waals surface area contributed by atoms with E-state index >= 15 is 0 Å². The number of likely N-dealkylation sites (N-methyl/N-ethyl adjacent to an activating group) is 1. The molecule has 0 saturated heterocycles. The van der Waals surface area contributed by atoms with Crippen molar-refractivity contribution in [3.8, 4) is 0 Å². The Balaban J connectivity index is 0.000000717. The maximum absolute atomic E-state index is 13.2. The minimum absolute atomic E-state index is 0.0846. The molecule has 0 N–H and O–H groups in total. The Morgan fingerprint density at radius 1 is 1.29 bits per heavy atom. The Labute approximate surface area is 174 Å². The van der Waals surface area contributed by atoms with E-state index < -0.39 is 0 Å². The van der Waals surface area contributed by atoms with Gasteiger partial charge in [-0.3, -0.25) is 0 Å². The van der Waals surface area contributed by atoms with Crippen LogP contribution in [-0.4, -0.2) is 18.7 Å². The molecule has 1 aromatic carbocycles. The third kappa shape index (κ3) is 5.05. The average molecular weight is 402 g/mol. The third-order valence-corrected chi connectivity index (χ3v) is 5.46. The highest BCUT2D eigenvalue weighted by Gasteiger charge is 2.45. The van der Waals surface area contributed by atoms with Gasteiger partial charge in [0.05, 0.1) is 0 Å². The van der Waals surface area contributed by atoms with Crippen LogP contribution in [0.1, 0.15) is 47.0 Å². The lowest BCUT2D eigenvalue weighted by atomic mass is 9.70. The molecule has 0 bridgehead atoms. The molecule has 3 rings (SSSR count). The first-order valence-electron chi connectivity index (χ1n) is 9.82. The zero-order valence-corrected chi connectivity index (χ0v) is 18.5. The van der Waals surface area contributed by atoms with Gasteiger partial charge in [0.2, 0.25) is 0 Å². The lowest BCUT2D eigenvalue weighted by Crippen LogP contribution is -2.30. The Bertz CT molecular complexity index is 750. The van der Waals surface area contributed by atoms with E-state index in [1.54, 1.807) is 17.5 Å². The molecule has 2 unspecified atom stereocenters. The summed E-state index contributed by atoms with van der Waals surface area (Å²) < 4.78 is 13.2. The van der Waals surface area contributed by atoms with Gasteiger partial charge in [0.1, 0.15) is 12.1 Å². The van der Waals surface area contributed by atoms with E-state index in [0.717, 1.165) is 42.5 Å². The van der Waals surface area contributed by atoms with Crippen LogP contribution in [0.25, 0.3) is 0 Å². The van der Waals surface area contributed by atoms with Gasteiger partial charge in [-0.2, -0.15) is 0 Å². The minimum atomic E-state index is -0.237. The predicted molar refractivity (Wildman–Crippen MR) is 122 cm³/mol. The molecular formula is C24H32FNOS. The van der Waals surface area contributed by atoms with Crippen molar-refractivity contribution in [2.45, 2.75) is 47.0 Å². The van der Waals surface area contributed by atoms with E-state index in [2.05, 4.69) is 36.7 Å². The van der Waals surface area contributed by atoms with E-state index in [1.807, 2.05) is 33.9 Å². The molecule has 1 aromatic rings. The second-order valence-electron chi connectivity index (χ2n) is 6.93. The first-order chi connectivity index (χ1) is 13.4. The van der Waals surface area contributed by atoms with Gasteiger partial charge < -0.3 is 9.69 Å². The second-order valence-corrected chi connectivity index (χ2v) is 7.40. The molecule has 28 heavy (non-hydrogen) atoms. The van der Waals surface area contributed by atoms with E-state index in [4.69, 9.17) is 0 Å². The maximum Gasteiger partial charge on any atom is 0.123 e. The first-order valence-corrected chi connectivity index (χ1v) is 10.3. The topological polar surface area (TPSA) is 20.3 Å². The van der Waals surface area contributed by atoms with Crippen molar-refractivity contribution in [2.75, 3.05) is 11.9 Å². The van der Waals surface area contributed by atoms with Crippen molar-refractivity contribution in [1.82, 2.24) is 0 Å². The highest BCUT2D eigenvalue weighted by atomic mass is 32.1. The van der Waals surface area contributed by atoms with Crippen LogP contribution in [0.3, 0.4) is 0 Å². The molecule has 1 fully saturated rings. The number of aldehydes is 1. The van der Waals surface area contributed by atoms with Crippen LogP contribution in [0.5, 0.6) is 0 Å². The number of nitrogens with zero attached hydrogens (tertiary/aromatic N) is 1. The summed E-state index contributed by atoms with van der Waals surface area (Å²) in [4.78, 5) is 13.5. The SMILES string of the molecule is C=CC1=C(N(C)c2ccc(F)cc2)C=C2CCC(C=O)C2(C)C1.CC.CC=S. The van der Waals surface area contributed by atoms with Crippen molar-refractivity contribution in [1.29, 1.82) is 0 Å². The van der Waals surface area contributed by atoms with Gasteiger partial charge in [0, 0.05) is 29.8 Å². The van der Waals surface area contributed by atoms with Crippen LogP contribution in [0.2, 0.25) is 0 Å². The lowest BCUT2D eigenvalue weighted by Gasteiger charge is -2.37. The molecule has 152 valence electrons. The van der Waals surface area contributed by atoms with Gasteiger partial charge in [-0.05, 0) is 67.5 Å². The quantitative estimate of drug-likeness (QED) is 0.414. The van der Waals surface area contributed by atoms with Crippen LogP contribution in [-0.2, 0) is 4.79 Å². The highest BCUT2D eigenvalue weighted by Crippen LogP contribution is 2.53. The molecule has 4 heteroatoms. The fourth-order valence-electron chi connectivity index (χ4n) is 3.89. The van der Waals surface area contributed by atoms with Gasteiger partial charge in [-0.1, -0.05) is 51.2 Å². The summed E-state index contributed by atoms with van der Waals surface area (Å²) >= 11 is 4.27. The van der Waals surface area contributed by atoms with Crippen molar-refractivity contribution < 1.29 is 9.18 Å². The molecule has 0 aromatic heterocycles.